The average molecular weight is 324 g/mol. The highest BCUT2D eigenvalue weighted by atomic mass is 32.2. The van der Waals surface area contributed by atoms with E-state index in [2.05, 4.69) is 14.7 Å². The monoisotopic (exact) mass is 324 g/mol. The van der Waals surface area contributed by atoms with Crippen molar-refractivity contribution in [1.82, 2.24) is 9.97 Å². The number of rotatable bonds is 6. The van der Waals surface area contributed by atoms with Gasteiger partial charge in [0.15, 0.2) is 5.82 Å². The summed E-state index contributed by atoms with van der Waals surface area (Å²) in [5.41, 5.74) is 6.02. The fourth-order valence-corrected chi connectivity index (χ4v) is 2.66. The maximum Gasteiger partial charge on any atom is 0.263 e. The predicted molar refractivity (Wildman–Crippen MR) is 81.0 cm³/mol. The predicted octanol–water partition coefficient (Wildman–Crippen LogP) is 1.01. The Hall–Kier alpha value is -2.39. The van der Waals surface area contributed by atoms with Gasteiger partial charge < -0.3 is 15.2 Å². The van der Waals surface area contributed by atoms with Crippen molar-refractivity contribution in [2.45, 2.75) is 11.5 Å². The van der Waals surface area contributed by atoms with Crippen molar-refractivity contribution < 1.29 is 17.9 Å². The second-order valence-electron chi connectivity index (χ2n) is 4.32. The number of nitrogens with two attached hydrogens (primary N) is 1. The average Bonchev–Trinajstić information content (AvgIpc) is 2.47. The van der Waals surface area contributed by atoms with Gasteiger partial charge in [0.2, 0.25) is 5.88 Å². The molecule has 118 valence electrons. The van der Waals surface area contributed by atoms with E-state index in [-0.39, 0.29) is 23.2 Å². The molecule has 0 aliphatic heterocycles. The fraction of sp³-hybridized carbons (Fsp3) is 0.231. The van der Waals surface area contributed by atoms with Gasteiger partial charge in [-0.25, -0.2) is 13.4 Å². The van der Waals surface area contributed by atoms with E-state index >= 15 is 0 Å². The van der Waals surface area contributed by atoms with E-state index < -0.39 is 10.0 Å². The Morgan fingerprint density at radius 1 is 1.18 bits per heavy atom. The number of ether oxygens (including phenoxy) is 2. The molecule has 0 spiro atoms. The topological polar surface area (TPSA) is 116 Å². The molecule has 0 bridgehead atoms. The number of hydrogen-bond donors (Lipinski definition) is 2. The van der Waals surface area contributed by atoms with Gasteiger partial charge in [-0.2, -0.15) is 4.98 Å². The zero-order valence-corrected chi connectivity index (χ0v) is 12.9. The van der Waals surface area contributed by atoms with Crippen LogP contribution in [0.3, 0.4) is 0 Å². The highest BCUT2D eigenvalue weighted by molar-refractivity contribution is 7.92. The van der Waals surface area contributed by atoms with Crippen molar-refractivity contribution in [2.24, 2.45) is 0 Å². The quantitative estimate of drug-likeness (QED) is 0.762. The van der Waals surface area contributed by atoms with Gasteiger partial charge in [0.25, 0.3) is 10.0 Å². The van der Waals surface area contributed by atoms with Crippen LogP contribution in [-0.4, -0.2) is 32.6 Å². The van der Waals surface area contributed by atoms with Gasteiger partial charge >= 0.3 is 0 Å². The number of nitrogens with zero attached hydrogens (tertiary/aromatic N) is 2. The van der Waals surface area contributed by atoms with Gasteiger partial charge in [-0.1, -0.05) is 0 Å². The molecule has 0 aliphatic carbocycles. The SMILES string of the molecule is COCc1nc(NS(=O)(=O)c2ccc(N)cc2)cc(OC)n1. The zero-order chi connectivity index (χ0) is 16.2. The van der Waals surface area contributed by atoms with Crippen LogP contribution < -0.4 is 15.2 Å². The molecule has 0 radical (unpaired) electrons. The van der Waals surface area contributed by atoms with Crippen LogP contribution in [0, 0.1) is 0 Å². The molecule has 0 fully saturated rings. The molecule has 0 saturated heterocycles. The minimum Gasteiger partial charge on any atom is -0.481 e. The third kappa shape index (κ3) is 3.83. The second-order valence-corrected chi connectivity index (χ2v) is 6.00. The number of nitrogen functional groups attached to an aromatic ring is 1. The summed E-state index contributed by atoms with van der Waals surface area (Å²) in [4.78, 5) is 8.19. The number of hydrogen-bond acceptors (Lipinski definition) is 7. The first-order valence-electron chi connectivity index (χ1n) is 6.24. The molecule has 1 aromatic carbocycles. The molecule has 2 aromatic rings. The second kappa shape index (κ2) is 6.58. The van der Waals surface area contributed by atoms with Gasteiger partial charge in [-0.15, -0.1) is 0 Å². The first-order valence-corrected chi connectivity index (χ1v) is 7.72. The molecule has 22 heavy (non-hydrogen) atoms. The summed E-state index contributed by atoms with van der Waals surface area (Å²) in [6, 6.07) is 7.21. The summed E-state index contributed by atoms with van der Waals surface area (Å²) in [5, 5.41) is 0. The highest BCUT2D eigenvalue weighted by Gasteiger charge is 2.16. The van der Waals surface area contributed by atoms with Gasteiger partial charge in [-0.05, 0) is 24.3 Å². The Bertz CT molecular complexity index is 747. The maximum absolute atomic E-state index is 12.3. The van der Waals surface area contributed by atoms with E-state index in [1.165, 1.54) is 44.6 Å². The molecule has 1 heterocycles. The number of nitrogens with one attached hydrogen (secondary N) is 1. The Morgan fingerprint density at radius 3 is 2.45 bits per heavy atom. The van der Waals surface area contributed by atoms with Crippen LogP contribution in [0.25, 0.3) is 0 Å². The minimum atomic E-state index is -3.78. The lowest BCUT2D eigenvalue weighted by molar-refractivity contribution is 0.177. The molecule has 1 aromatic heterocycles. The number of aromatic nitrogens is 2. The van der Waals surface area contributed by atoms with Crippen LogP contribution in [0.1, 0.15) is 5.82 Å². The molecular formula is C13H16N4O4S. The van der Waals surface area contributed by atoms with Crippen molar-refractivity contribution in [3.8, 4) is 5.88 Å². The molecule has 0 amide bonds. The minimum absolute atomic E-state index is 0.0765. The molecular weight excluding hydrogens is 308 g/mol. The lowest BCUT2D eigenvalue weighted by Crippen LogP contribution is -2.15. The van der Waals surface area contributed by atoms with E-state index in [4.69, 9.17) is 15.2 Å². The van der Waals surface area contributed by atoms with Crippen LogP contribution in [0.5, 0.6) is 5.88 Å². The smallest absolute Gasteiger partial charge is 0.263 e. The standard InChI is InChI=1S/C13H16N4O4S/c1-20-8-12-15-11(7-13(16-12)21-2)17-22(18,19)10-5-3-9(14)4-6-10/h3-7H,8,14H2,1-2H3,(H,15,16,17). The number of anilines is 2. The molecule has 0 unspecified atom stereocenters. The van der Waals surface area contributed by atoms with Crippen molar-refractivity contribution >= 4 is 21.5 Å². The van der Waals surface area contributed by atoms with Gasteiger partial charge in [0.05, 0.1) is 12.0 Å². The molecule has 0 saturated carbocycles. The molecule has 2 rings (SSSR count). The summed E-state index contributed by atoms with van der Waals surface area (Å²) in [7, 11) is -0.864. The van der Waals surface area contributed by atoms with E-state index in [0.29, 0.717) is 11.5 Å². The van der Waals surface area contributed by atoms with Crippen molar-refractivity contribution in [1.29, 1.82) is 0 Å². The van der Waals surface area contributed by atoms with Gasteiger partial charge in [0.1, 0.15) is 12.4 Å². The largest absolute Gasteiger partial charge is 0.481 e. The molecule has 0 atom stereocenters. The normalized spacial score (nSPS) is 11.2. The van der Waals surface area contributed by atoms with E-state index in [1.807, 2.05) is 0 Å². The summed E-state index contributed by atoms with van der Waals surface area (Å²) in [5.74, 6) is 0.629. The summed E-state index contributed by atoms with van der Waals surface area (Å²) >= 11 is 0. The van der Waals surface area contributed by atoms with Crippen molar-refractivity contribution in [2.75, 3.05) is 24.7 Å². The van der Waals surface area contributed by atoms with Crippen molar-refractivity contribution in [3.63, 3.8) is 0 Å². The van der Waals surface area contributed by atoms with Crippen molar-refractivity contribution in [3.05, 3.63) is 36.2 Å². The number of benzene rings is 1. The van der Waals surface area contributed by atoms with Crippen LogP contribution in [0.15, 0.2) is 35.2 Å². The van der Waals surface area contributed by atoms with Crippen LogP contribution in [-0.2, 0) is 21.4 Å². The first-order chi connectivity index (χ1) is 10.4. The molecule has 9 heteroatoms. The Balaban J connectivity index is 2.32. The summed E-state index contributed by atoms with van der Waals surface area (Å²) in [6.45, 7) is 0.133. The Morgan fingerprint density at radius 2 is 1.86 bits per heavy atom. The lowest BCUT2D eigenvalue weighted by Gasteiger charge is -2.10. The molecule has 8 nitrogen and oxygen atoms in total. The number of methoxy groups -OCH3 is 2. The van der Waals surface area contributed by atoms with Crippen LogP contribution in [0.4, 0.5) is 11.5 Å². The number of sulfonamides is 1. The van der Waals surface area contributed by atoms with E-state index in [0.717, 1.165) is 0 Å². The maximum atomic E-state index is 12.3. The Kier molecular flexibility index (Phi) is 4.78. The lowest BCUT2D eigenvalue weighted by atomic mass is 10.3. The summed E-state index contributed by atoms with van der Waals surface area (Å²) in [6.07, 6.45) is 0. The van der Waals surface area contributed by atoms with Gasteiger partial charge in [-0.3, -0.25) is 4.72 Å². The van der Waals surface area contributed by atoms with Crippen LogP contribution in [0.2, 0.25) is 0 Å². The third-order valence-electron chi connectivity index (χ3n) is 2.66. The van der Waals surface area contributed by atoms with E-state index in [9.17, 15) is 8.42 Å². The fourth-order valence-electron chi connectivity index (χ4n) is 1.67. The summed E-state index contributed by atoms with van der Waals surface area (Å²) < 4.78 is 36.9. The van der Waals surface area contributed by atoms with Crippen LogP contribution >= 0.6 is 0 Å². The first kappa shape index (κ1) is 16.0. The highest BCUT2D eigenvalue weighted by Crippen LogP contribution is 2.19. The van der Waals surface area contributed by atoms with Gasteiger partial charge in [0, 0.05) is 18.9 Å². The zero-order valence-electron chi connectivity index (χ0n) is 12.1. The Labute approximate surface area is 128 Å². The third-order valence-corrected chi connectivity index (χ3v) is 4.03. The van der Waals surface area contributed by atoms with E-state index in [1.54, 1.807) is 0 Å². The molecule has 3 N–H and O–H groups in total. The molecule has 0 aliphatic rings.